The van der Waals surface area contributed by atoms with Gasteiger partial charge in [-0.15, -0.1) is 0 Å². The Morgan fingerprint density at radius 2 is 1.62 bits per heavy atom. The second kappa shape index (κ2) is 12.0. The van der Waals surface area contributed by atoms with E-state index in [4.69, 9.17) is 9.47 Å². The van der Waals surface area contributed by atoms with Gasteiger partial charge in [-0.3, -0.25) is 9.69 Å². The first kappa shape index (κ1) is 25.6. The molecule has 6 nitrogen and oxygen atoms in total. The minimum Gasteiger partial charge on any atom is -0.493 e. The Hall–Kier alpha value is -3.09. The molecule has 3 aromatic rings. The third-order valence-electron chi connectivity index (χ3n) is 7.83. The van der Waals surface area contributed by atoms with Gasteiger partial charge < -0.3 is 19.7 Å². The van der Waals surface area contributed by atoms with Gasteiger partial charge in [0.2, 0.25) is 5.91 Å². The third-order valence-corrected chi connectivity index (χ3v) is 7.83. The summed E-state index contributed by atoms with van der Waals surface area (Å²) in [4.78, 5) is 18.5. The number of hydrogen-bond donors (Lipinski definition) is 1. The molecule has 2 saturated heterocycles. The van der Waals surface area contributed by atoms with Crippen LogP contribution in [0, 0.1) is 11.8 Å². The van der Waals surface area contributed by atoms with Crippen molar-refractivity contribution in [1.29, 1.82) is 0 Å². The Labute approximate surface area is 220 Å². The average molecular weight is 502 g/mol. The maximum atomic E-state index is 13.4. The fourth-order valence-electron chi connectivity index (χ4n) is 6.00. The molecule has 3 aromatic carbocycles. The van der Waals surface area contributed by atoms with Gasteiger partial charge in [0.05, 0.1) is 20.1 Å². The lowest BCUT2D eigenvalue weighted by Gasteiger charge is -2.38. The van der Waals surface area contributed by atoms with Crippen molar-refractivity contribution in [3.05, 3.63) is 71.8 Å². The van der Waals surface area contributed by atoms with Crippen molar-refractivity contribution in [1.82, 2.24) is 15.1 Å². The average Bonchev–Trinajstić information content (AvgIpc) is 3.44. The van der Waals surface area contributed by atoms with E-state index in [1.807, 2.05) is 18.2 Å². The van der Waals surface area contributed by atoms with Crippen molar-refractivity contribution in [3.63, 3.8) is 0 Å². The Morgan fingerprint density at radius 1 is 0.865 bits per heavy atom. The van der Waals surface area contributed by atoms with Crippen LogP contribution in [0.1, 0.15) is 30.4 Å². The van der Waals surface area contributed by atoms with Crippen LogP contribution >= 0.6 is 0 Å². The van der Waals surface area contributed by atoms with E-state index < -0.39 is 0 Å². The lowest BCUT2D eigenvalue weighted by atomic mass is 9.87. The summed E-state index contributed by atoms with van der Waals surface area (Å²) in [6.45, 7) is 6.67. The van der Waals surface area contributed by atoms with Crippen LogP contribution in [0.4, 0.5) is 0 Å². The van der Waals surface area contributed by atoms with E-state index in [1.165, 1.54) is 42.3 Å². The number of ether oxygens (including phenoxy) is 2. The second-order valence-corrected chi connectivity index (χ2v) is 10.6. The van der Waals surface area contributed by atoms with Crippen LogP contribution < -0.4 is 14.8 Å². The van der Waals surface area contributed by atoms with Gasteiger partial charge in [0.25, 0.3) is 0 Å². The van der Waals surface area contributed by atoms with E-state index in [2.05, 4.69) is 57.6 Å². The molecular weight excluding hydrogens is 462 g/mol. The first-order chi connectivity index (χ1) is 18.1. The number of nitrogens with one attached hydrogen (secondary N) is 1. The molecule has 196 valence electrons. The van der Waals surface area contributed by atoms with Crippen LogP contribution in [0.2, 0.25) is 0 Å². The molecule has 0 saturated carbocycles. The predicted octanol–water partition coefficient (Wildman–Crippen LogP) is 4.71. The van der Waals surface area contributed by atoms with Gasteiger partial charge in [0.15, 0.2) is 11.5 Å². The Kier molecular flexibility index (Phi) is 8.27. The number of nitrogens with zero attached hydrogens (tertiary/aromatic N) is 2. The van der Waals surface area contributed by atoms with Gasteiger partial charge in [-0.2, -0.15) is 0 Å². The standard InChI is InChI=1S/C31H39N3O3/c1-36-29-12-10-23(17-30(29)37-2)18-32-31(35)28-16-25(20-33-13-5-6-14-33)21-34(22-28)19-24-9-11-26-7-3-4-8-27(26)15-24/h3-4,7-12,15,17,25,28H,5-6,13-14,16,18-22H2,1-2H3,(H,32,35)/t25-,28-/m1/s1. The van der Waals surface area contributed by atoms with E-state index in [9.17, 15) is 4.79 Å². The molecule has 2 aliphatic rings. The number of benzene rings is 3. The van der Waals surface area contributed by atoms with Gasteiger partial charge in [-0.1, -0.05) is 42.5 Å². The first-order valence-corrected chi connectivity index (χ1v) is 13.5. The molecule has 6 heteroatoms. The van der Waals surface area contributed by atoms with Crippen LogP contribution in [0.5, 0.6) is 11.5 Å². The zero-order valence-electron chi connectivity index (χ0n) is 22.1. The smallest absolute Gasteiger partial charge is 0.224 e. The number of carbonyl (C=O) groups excluding carboxylic acids is 1. The molecule has 0 spiro atoms. The lowest BCUT2D eigenvalue weighted by Crippen LogP contribution is -2.48. The molecule has 2 fully saturated rings. The molecule has 0 aliphatic carbocycles. The molecule has 2 heterocycles. The zero-order valence-corrected chi connectivity index (χ0v) is 22.1. The summed E-state index contributed by atoms with van der Waals surface area (Å²) >= 11 is 0. The van der Waals surface area contributed by atoms with Crippen LogP contribution in [-0.4, -0.2) is 62.7 Å². The topological polar surface area (TPSA) is 54.0 Å². The maximum absolute atomic E-state index is 13.4. The highest BCUT2D eigenvalue weighted by atomic mass is 16.5. The summed E-state index contributed by atoms with van der Waals surface area (Å²) in [5.74, 6) is 2.01. The zero-order chi connectivity index (χ0) is 25.6. The Morgan fingerprint density at radius 3 is 2.41 bits per heavy atom. The molecule has 1 N–H and O–H groups in total. The van der Waals surface area contributed by atoms with E-state index in [0.29, 0.717) is 24.0 Å². The largest absolute Gasteiger partial charge is 0.493 e. The molecule has 2 atom stereocenters. The number of methoxy groups -OCH3 is 2. The van der Waals surface area contributed by atoms with Crippen molar-refractivity contribution in [2.24, 2.45) is 11.8 Å². The SMILES string of the molecule is COc1ccc(CNC(=O)[C@@H]2C[C@H](CN3CCCC3)CN(Cc3ccc4ccccc4c3)C2)cc1OC. The first-order valence-electron chi connectivity index (χ1n) is 13.5. The summed E-state index contributed by atoms with van der Waals surface area (Å²) in [6.07, 6.45) is 3.54. The van der Waals surface area contributed by atoms with Crippen molar-refractivity contribution < 1.29 is 14.3 Å². The number of carbonyl (C=O) groups is 1. The fourth-order valence-corrected chi connectivity index (χ4v) is 6.00. The van der Waals surface area contributed by atoms with Crippen LogP contribution in [0.25, 0.3) is 10.8 Å². The number of hydrogen-bond acceptors (Lipinski definition) is 5. The molecule has 37 heavy (non-hydrogen) atoms. The van der Waals surface area contributed by atoms with E-state index in [-0.39, 0.29) is 11.8 Å². The fraction of sp³-hybridized carbons (Fsp3) is 0.452. The number of fused-ring (bicyclic) bond motifs is 1. The van der Waals surface area contributed by atoms with E-state index in [0.717, 1.165) is 38.2 Å². The number of piperidine rings is 1. The van der Waals surface area contributed by atoms with Gasteiger partial charge in [0, 0.05) is 32.7 Å². The summed E-state index contributed by atoms with van der Waals surface area (Å²) < 4.78 is 10.8. The maximum Gasteiger partial charge on any atom is 0.224 e. The minimum atomic E-state index is -0.0121. The Balaban J connectivity index is 1.26. The van der Waals surface area contributed by atoms with Crippen LogP contribution in [0.3, 0.4) is 0 Å². The number of rotatable bonds is 9. The number of amides is 1. The summed E-state index contributed by atoms with van der Waals surface area (Å²) in [6, 6.07) is 21.1. The predicted molar refractivity (Wildman–Crippen MR) is 148 cm³/mol. The summed E-state index contributed by atoms with van der Waals surface area (Å²) in [7, 11) is 3.26. The molecule has 0 radical (unpaired) electrons. The molecule has 0 aromatic heterocycles. The molecule has 0 unspecified atom stereocenters. The third kappa shape index (κ3) is 6.43. The minimum absolute atomic E-state index is 0.0121. The van der Waals surface area contributed by atoms with Crippen LogP contribution in [0.15, 0.2) is 60.7 Å². The highest BCUT2D eigenvalue weighted by molar-refractivity contribution is 5.83. The summed E-state index contributed by atoms with van der Waals surface area (Å²) in [5, 5.41) is 5.75. The Bertz CT molecular complexity index is 1210. The lowest BCUT2D eigenvalue weighted by molar-refractivity contribution is -0.127. The van der Waals surface area contributed by atoms with E-state index >= 15 is 0 Å². The van der Waals surface area contributed by atoms with Crippen LogP contribution in [-0.2, 0) is 17.9 Å². The molecule has 2 aliphatic heterocycles. The normalized spacial score (nSPS) is 20.7. The number of likely N-dealkylation sites (tertiary alicyclic amines) is 2. The van der Waals surface area contributed by atoms with Gasteiger partial charge in [0.1, 0.15) is 0 Å². The highest BCUT2D eigenvalue weighted by Crippen LogP contribution is 2.29. The second-order valence-electron chi connectivity index (χ2n) is 10.6. The van der Waals surface area contributed by atoms with Gasteiger partial charge in [-0.25, -0.2) is 0 Å². The van der Waals surface area contributed by atoms with Gasteiger partial charge in [-0.05, 0) is 78.4 Å². The molecule has 0 bridgehead atoms. The summed E-state index contributed by atoms with van der Waals surface area (Å²) in [5.41, 5.74) is 2.31. The monoisotopic (exact) mass is 501 g/mol. The molecule has 1 amide bonds. The van der Waals surface area contributed by atoms with Crippen molar-refractivity contribution in [2.45, 2.75) is 32.4 Å². The van der Waals surface area contributed by atoms with Crippen molar-refractivity contribution >= 4 is 16.7 Å². The van der Waals surface area contributed by atoms with E-state index in [1.54, 1.807) is 14.2 Å². The molecule has 5 rings (SSSR count). The highest BCUT2D eigenvalue weighted by Gasteiger charge is 2.33. The molecular formula is C31H39N3O3. The quantitative estimate of drug-likeness (QED) is 0.460. The van der Waals surface area contributed by atoms with Crippen molar-refractivity contribution in [3.8, 4) is 11.5 Å². The van der Waals surface area contributed by atoms with Gasteiger partial charge >= 0.3 is 0 Å². The van der Waals surface area contributed by atoms with Crippen molar-refractivity contribution in [2.75, 3.05) is 46.9 Å².